The maximum atomic E-state index is 5.00. The Bertz CT molecular complexity index is 3190. The topological polar surface area (TPSA) is 61.4 Å². The smallest absolute Gasteiger partial charge is 0.146 e. The molecule has 0 aliphatic heterocycles. The molecule has 0 aliphatic rings. The predicted molar refractivity (Wildman–Crippen MR) is 212 cm³/mol. The molecule has 0 aliphatic carbocycles. The Balaban J connectivity index is 1.19. The van der Waals surface area contributed by atoms with E-state index >= 15 is 0 Å². The second-order valence-electron chi connectivity index (χ2n) is 13.2. The molecule has 242 valence electrons. The Kier molecular flexibility index (Phi) is 6.15. The van der Waals surface area contributed by atoms with Crippen LogP contribution >= 0.6 is 0 Å². The highest BCUT2D eigenvalue weighted by molar-refractivity contribution is 6.15. The molecular weight excluding hydrogens is 637 g/mol. The molecule has 0 radical (unpaired) electrons. The van der Waals surface area contributed by atoms with Gasteiger partial charge < -0.3 is 4.57 Å². The molecule has 0 amide bonds. The number of benzene rings is 6. The molecule has 5 aromatic heterocycles. The summed E-state index contributed by atoms with van der Waals surface area (Å²) < 4.78 is 4.58. The fourth-order valence-electron chi connectivity index (χ4n) is 7.79. The zero-order chi connectivity index (χ0) is 34.2. The average Bonchev–Trinajstić information content (AvgIpc) is 3.71. The second kappa shape index (κ2) is 11.2. The molecule has 0 bridgehead atoms. The molecule has 0 N–H and O–H groups in total. The monoisotopic (exact) mass is 664 g/mol. The Morgan fingerprint density at radius 2 is 1.15 bits per heavy atom. The highest BCUT2D eigenvalue weighted by Gasteiger charge is 2.19. The number of aromatic nitrogens is 6. The van der Waals surface area contributed by atoms with E-state index < -0.39 is 0 Å². The zero-order valence-corrected chi connectivity index (χ0v) is 27.8. The molecule has 0 saturated heterocycles. The van der Waals surface area contributed by atoms with Crippen LogP contribution in [0.1, 0.15) is 0 Å². The summed E-state index contributed by atoms with van der Waals surface area (Å²) in [6.45, 7) is 0. The average molecular weight is 665 g/mol. The van der Waals surface area contributed by atoms with Gasteiger partial charge in [-0.05, 0) is 88.6 Å². The molecule has 0 saturated carbocycles. The highest BCUT2D eigenvalue weighted by Crippen LogP contribution is 2.39. The molecule has 0 spiro atoms. The summed E-state index contributed by atoms with van der Waals surface area (Å²) in [7, 11) is 0. The molecule has 0 unspecified atom stereocenters. The first-order chi connectivity index (χ1) is 25.8. The summed E-state index contributed by atoms with van der Waals surface area (Å²) in [6.07, 6.45) is 5.62. The molecule has 0 atom stereocenters. The van der Waals surface area contributed by atoms with Crippen molar-refractivity contribution >= 4 is 65.5 Å². The minimum Gasteiger partial charge on any atom is -0.309 e. The Morgan fingerprint density at radius 3 is 2.06 bits per heavy atom. The summed E-state index contributed by atoms with van der Waals surface area (Å²) in [5.41, 5.74) is 11.1. The molecule has 11 rings (SSSR count). The molecule has 6 aromatic carbocycles. The number of para-hydroxylation sites is 2. The van der Waals surface area contributed by atoms with Crippen LogP contribution in [0.15, 0.2) is 170 Å². The van der Waals surface area contributed by atoms with Crippen LogP contribution in [-0.2, 0) is 0 Å². The Hall–Kier alpha value is -7.18. The van der Waals surface area contributed by atoms with Crippen molar-refractivity contribution in [2.24, 2.45) is 0 Å². The van der Waals surface area contributed by atoms with Crippen LogP contribution in [0, 0.1) is 0 Å². The first-order valence-electron chi connectivity index (χ1n) is 17.4. The van der Waals surface area contributed by atoms with E-state index in [0.29, 0.717) is 0 Å². The van der Waals surface area contributed by atoms with Gasteiger partial charge in [-0.3, -0.25) is 9.55 Å². The van der Waals surface area contributed by atoms with Crippen molar-refractivity contribution in [3.8, 4) is 33.9 Å². The largest absolute Gasteiger partial charge is 0.309 e. The summed E-state index contributed by atoms with van der Waals surface area (Å²) in [4.78, 5) is 19.5. The molecule has 6 heteroatoms. The first kappa shape index (κ1) is 28.6. The lowest BCUT2D eigenvalue weighted by molar-refractivity contribution is 1.05. The van der Waals surface area contributed by atoms with E-state index in [0.717, 1.165) is 77.9 Å². The summed E-state index contributed by atoms with van der Waals surface area (Å²) in [5, 5.41) is 6.99. The van der Waals surface area contributed by atoms with Crippen molar-refractivity contribution in [2.45, 2.75) is 0 Å². The maximum absolute atomic E-state index is 5.00. The first-order valence-corrected chi connectivity index (χ1v) is 17.4. The SMILES string of the molecule is c1ccc(-c2ccnc(-n3c4cc(-n5c6cc(-c7cnc8ccccc8n7)ccc6c6cc7ccccc7cc65)ccc4c4cccnc43)c2)cc1. The van der Waals surface area contributed by atoms with Crippen LogP contribution in [0.25, 0.3) is 99.4 Å². The third-order valence-corrected chi connectivity index (χ3v) is 10.2. The molecule has 6 nitrogen and oxygen atoms in total. The number of rotatable bonds is 4. The summed E-state index contributed by atoms with van der Waals surface area (Å²) in [6, 6.07) is 53.4. The van der Waals surface area contributed by atoms with Gasteiger partial charge in [0.15, 0.2) is 0 Å². The zero-order valence-electron chi connectivity index (χ0n) is 27.8. The number of nitrogens with zero attached hydrogens (tertiary/aromatic N) is 6. The fourth-order valence-corrected chi connectivity index (χ4v) is 7.79. The van der Waals surface area contributed by atoms with Gasteiger partial charge in [0.2, 0.25) is 0 Å². The summed E-state index contributed by atoms with van der Waals surface area (Å²) in [5.74, 6) is 0.822. The minimum absolute atomic E-state index is 0.822. The number of hydrogen-bond donors (Lipinski definition) is 0. The van der Waals surface area contributed by atoms with E-state index in [9.17, 15) is 0 Å². The molecule has 52 heavy (non-hydrogen) atoms. The molecule has 5 heterocycles. The van der Waals surface area contributed by atoms with E-state index in [4.69, 9.17) is 19.9 Å². The lowest BCUT2D eigenvalue weighted by Gasteiger charge is -2.12. The van der Waals surface area contributed by atoms with Crippen molar-refractivity contribution in [2.75, 3.05) is 0 Å². The number of hydrogen-bond acceptors (Lipinski definition) is 4. The Morgan fingerprint density at radius 1 is 0.404 bits per heavy atom. The van der Waals surface area contributed by atoms with E-state index in [1.807, 2.05) is 55.0 Å². The van der Waals surface area contributed by atoms with Gasteiger partial charge >= 0.3 is 0 Å². The van der Waals surface area contributed by atoms with Crippen LogP contribution in [0.4, 0.5) is 0 Å². The van der Waals surface area contributed by atoms with E-state index in [-0.39, 0.29) is 0 Å². The van der Waals surface area contributed by atoms with Crippen molar-refractivity contribution < 1.29 is 0 Å². The van der Waals surface area contributed by atoms with Gasteiger partial charge in [0.05, 0.1) is 39.5 Å². The molecule has 11 aromatic rings. The quantitative estimate of drug-likeness (QED) is 0.188. The van der Waals surface area contributed by atoms with Crippen LogP contribution in [0.3, 0.4) is 0 Å². The lowest BCUT2D eigenvalue weighted by atomic mass is 10.0. The highest BCUT2D eigenvalue weighted by atomic mass is 15.1. The van der Waals surface area contributed by atoms with Crippen LogP contribution in [-0.4, -0.2) is 29.1 Å². The second-order valence-corrected chi connectivity index (χ2v) is 13.2. The number of fused-ring (bicyclic) bond motifs is 8. The van der Waals surface area contributed by atoms with Gasteiger partial charge in [0.1, 0.15) is 11.5 Å². The van der Waals surface area contributed by atoms with Crippen molar-refractivity contribution in [1.29, 1.82) is 0 Å². The van der Waals surface area contributed by atoms with E-state index in [2.05, 4.69) is 124 Å². The van der Waals surface area contributed by atoms with Crippen molar-refractivity contribution in [3.05, 3.63) is 170 Å². The maximum Gasteiger partial charge on any atom is 0.146 e. The Labute approximate surface area is 297 Å². The lowest BCUT2D eigenvalue weighted by Crippen LogP contribution is -2.00. The normalized spacial score (nSPS) is 11.8. The van der Waals surface area contributed by atoms with Gasteiger partial charge in [-0.2, -0.15) is 0 Å². The van der Waals surface area contributed by atoms with E-state index in [1.165, 1.54) is 21.5 Å². The van der Waals surface area contributed by atoms with Gasteiger partial charge in [-0.25, -0.2) is 15.0 Å². The van der Waals surface area contributed by atoms with Gasteiger partial charge in [0.25, 0.3) is 0 Å². The summed E-state index contributed by atoms with van der Waals surface area (Å²) >= 11 is 0. The standard InChI is InChI=1S/C46H28N6/c1-2-9-29(10-3-1)32-20-22-47-45(26-32)52-44-27-34(17-19-35(44)37-13-8-21-48-46(37)52)51-42-25-33(41-28-49-39-14-6-7-15-40(39)50-41)16-18-36(42)38-23-30-11-4-5-12-31(30)24-43(38)51/h1-28H. The van der Waals surface area contributed by atoms with Gasteiger partial charge in [-0.15, -0.1) is 0 Å². The molecule has 0 fully saturated rings. The van der Waals surface area contributed by atoms with Crippen LogP contribution in [0.5, 0.6) is 0 Å². The third kappa shape index (κ3) is 4.38. The van der Waals surface area contributed by atoms with Crippen molar-refractivity contribution in [3.63, 3.8) is 0 Å². The predicted octanol–water partition coefficient (Wildman–Crippen LogP) is 11.1. The number of pyridine rings is 2. The van der Waals surface area contributed by atoms with Crippen LogP contribution < -0.4 is 0 Å². The van der Waals surface area contributed by atoms with Gasteiger partial charge in [-0.1, -0.05) is 84.9 Å². The van der Waals surface area contributed by atoms with Crippen molar-refractivity contribution in [1.82, 2.24) is 29.1 Å². The molecular formula is C46H28N6. The fraction of sp³-hybridized carbons (Fsp3) is 0. The third-order valence-electron chi connectivity index (χ3n) is 10.2. The van der Waals surface area contributed by atoms with Gasteiger partial charge in [0, 0.05) is 45.2 Å². The van der Waals surface area contributed by atoms with Crippen LogP contribution in [0.2, 0.25) is 0 Å². The minimum atomic E-state index is 0.822. The van der Waals surface area contributed by atoms with E-state index in [1.54, 1.807) is 0 Å².